The molecule has 1 aliphatic rings. The van der Waals surface area contributed by atoms with Crippen LogP contribution in [0.2, 0.25) is 10.0 Å². The van der Waals surface area contributed by atoms with Gasteiger partial charge >= 0.3 is 0 Å². The Hall–Kier alpha value is -1.59. The fraction of sp³-hybridized carbons (Fsp3) is 0.278. The molecule has 24 heavy (non-hydrogen) atoms. The quantitative estimate of drug-likeness (QED) is 0.905. The summed E-state index contributed by atoms with van der Waals surface area (Å²) in [5.74, 6) is -0.102. The smallest absolute Gasteiger partial charge is 0.244 e. The van der Waals surface area contributed by atoms with Gasteiger partial charge in [-0.3, -0.25) is 4.79 Å². The zero-order chi connectivity index (χ0) is 17.1. The number of halogens is 2. The van der Waals surface area contributed by atoms with Gasteiger partial charge in [0.15, 0.2) is 0 Å². The molecule has 2 aromatic rings. The van der Waals surface area contributed by atoms with E-state index >= 15 is 0 Å². The molecule has 2 atom stereocenters. The van der Waals surface area contributed by atoms with Crippen molar-refractivity contribution in [3.05, 3.63) is 69.7 Å². The van der Waals surface area contributed by atoms with Crippen molar-refractivity contribution in [1.29, 1.82) is 0 Å². The van der Waals surface area contributed by atoms with E-state index in [0.717, 1.165) is 11.1 Å². The molecule has 1 heterocycles. The molecule has 0 spiro atoms. The summed E-state index contributed by atoms with van der Waals surface area (Å²) in [6, 6.07) is 14.1. The number of morpholine rings is 1. The zero-order valence-electron chi connectivity index (χ0n) is 13.0. The molecule has 1 saturated heterocycles. The van der Waals surface area contributed by atoms with Crippen LogP contribution in [-0.4, -0.2) is 30.5 Å². The van der Waals surface area contributed by atoms with Crippen LogP contribution in [0.15, 0.2) is 48.5 Å². The first-order valence-corrected chi connectivity index (χ1v) is 8.47. The molecule has 0 aliphatic carbocycles. The number of benzene rings is 2. The standard InChI is InChI=1S/C18H18Cl2N2O2/c19-14-7-6-13(10-15(14)20)16-11-22(8-9-24-16)18(23)17(21)12-4-2-1-3-5-12/h1-7,10,16-17H,8-9,11,21H2. The van der Waals surface area contributed by atoms with Crippen LogP contribution in [0.25, 0.3) is 0 Å². The Kier molecular flexibility index (Phi) is 5.41. The van der Waals surface area contributed by atoms with Gasteiger partial charge in [-0.15, -0.1) is 0 Å². The maximum Gasteiger partial charge on any atom is 0.244 e. The predicted molar refractivity (Wildman–Crippen MR) is 95.1 cm³/mol. The van der Waals surface area contributed by atoms with Crippen LogP contribution in [-0.2, 0) is 9.53 Å². The molecule has 4 nitrogen and oxygen atoms in total. The van der Waals surface area contributed by atoms with Crippen LogP contribution < -0.4 is 5.73 Å². The van der Waals surface area contributed by atoms with Crippen molar-refractivity contribution in [2.75, 3.05) is 19.7 Å². The zero-order valence-corrected chi connectivity index (χ0v) is 14.5. The first kappa shape index (κ1) is 17.2. The first-order chi connectivity index (χ1) is 11.6. The van der Waals surface area contributed by atoms with E-state index in [1.165, 1.54) is 0 Å². The Labute approximate surface area is 151 Å². The molecular formula is C18H18Cl2N2O2. The molecule has 1 fully saturated rings. The fourth-order valence-corrected chi connectivity index (χ4v) is 3.07. The lowest BCUT2D eigenvalue weighted by atomic mass is 10.0. The topological polar surface area (TPSA) is 55.6 Å². The maximum absolute atomic E-state index is 12.7. The van der Waals surface area contributed by atoms with Crippen molar-refractivity contribution < 1.29 is 9.53 Å². The van der Waals surface area contributed by atoms with Crippen LogP contribution in [0.1, 0.15) is 23.3 Å². The summed E-state index contributed by atoms with van der Waals surface area (Å²) in [4.78, 5) is 14.4. The van der Waals surface area contributed by atoms with E-state index in [0.29, 0.717) is 29.7 Å². The molecule has 126 valence electrons. The number of rotatable bonds is 3. The molecule has 0 bridgehead atoms. The molecule has 0 aromatic heterocycles. The monoisotopic (exact) mass is 364 g/mol. The molecule has 3 rings (SSSR count). The summed E-state index contributed by atoms with van der Waals surface area (Å²) in [5, 5.41) is 0.970. The van der Waals surface area contributed by atoms with Gasteiger partial charge in [-0.25, -0.2) is 0 Å². The van der Waals surface area contributed by atoms with E-state index in [4.69, 9.17) is 33.7 Å². The molecule has 6 heteroatoms. The number of nitrogens with zero attached hydrogens (tertiary/aromatic N) is 1. The second-order valence-electron chi connectivity index (χ2n) is 5.71. The number of carbonyl (C=O) groups excluding carboxylic acids is 1. The van der Waals surface area contributed by atoms with Crippen LogP contribution in [0.3, 0.4) is 0 Å². The number of ether oxygens (including phenoxy) is 1. The number of nitrogens with two attached hydrogens (primary N) is 1. The SMILES string of the molecule is NC(C(=O)N1CCOC(c2ccc(Cl)c(Cl)c2)C1)c1ccccc1. The van der Waals surface area contributed by atoms with E-state index in [1.54, 1.807) is 17.0 Å². The number of amides is 1. The lowest BCUT2D eigenvalue weighted by Crippen LogP contribution is -2.46. The fourth-order valence-electron chi connectivity index (χ4n) is 2.76. The Bertz CT molecular complexity index is 724. The number of hydrogen-bond donors (Lipinski definition) is 1. The maximum atomic E-state index is 12.7. The van der Waals surface area contributed by atoms with Crippen LogP contribution in [0.4, 0.5) is 0 Å². The lowest BCUT2D eigenvalue weighted by molar-refractivity contribution is -0.140. The molecule has 2 N–H and O–H groups in total. The minimum Gasteiger partial charge on any atom is -0.370 e. The minimum absolute atomic E-state index is 0.102. The summed E-state index contributed by atoms with van der Waals surface area (Å²) < 4.78 is 5.79. The minimum atomic E-state index is -0.668. The van der Waals surface area contributed by atoms with E-state index in [2.05, 4.69) is 0 Å². The molecule has 2 aromatic carbocycles. The van der Waals surface area contributed by atoms with Gasteiger partial charge in [-0.2, -0.15) is 0 Å². The van der Waals surface area contributed by atoms with Gasteiger partial charge in [0.2, 0.25) is 5.91 Å². The van der Waals surface area contributed by atoms with E-state index in [1.807, 2.05) is 36.4 Å². The van der Waals surface area contributed by atoms with Gasteiger partial charge in [-0.05, 0) is 23.3 Å². The highest BCUT2D eigenvalue weighted by Gasteiger charge is 2.29. The molecule has 0 radical (unpaired) electrons. The van der Waals surface area contributed by atoms with E-state index in [-0.39, 0.29) is 12.0 Å². The third kappa shape index (κ3) is 3.73. The van der Waals surface area contributed by atoms with Crippen LogP contribution in [0, 0.1) is 0 Å². The largest absolute Gasteiger partial charge is 0.370 e. The van der Waals surface area contributed by atoms with Gasteiger partial charge in [0.25, 0.3) is 0 Å². The highest BCUT2D eigenvalue weighted by molar-refractivity contribution is 6.42. The van der Waals surface area contributed by atoms with Crippen molar-refractivity contribution in [2.45, 2.75) is 12.1 Å². The highest BCUT2D eigenvalue weighted by Crippen LogP contribution is 2.29. The normalized spacial score (nSPS) is 19.1. The molecule has 0 saturated carbocycles. The van der Waals surface area contributed by atoms with Crippen molar-refractivity contribution in [3.63, 3.8) is 0 Å². The Balaban J connectivity index is 1.73. The Morgan fingerprint density at radius 2 is 1.92 bits per heavy atom. The van der Waals surface area contributed by atoms with Crippen molar-refractivity contribution in [2.24, 2.45) is 5.73 Å². The molecule has 2 unspecified atom stereocenters. The molecule has 1 aliphatic heterocycles. The van der Waals surface area contributed by atoms with Crippen molar-refractivity contribution in [3.8, 4) is 0 Å². The molecule has 1 amide bonds. The third-order valence-corrected chi connectivity index (χ3v) is 4.86. The number of hydrogen-bond acceptors (Lipinski definition) is 3. The second kappa shape index (κ2) is 7.53. The van der Waals surface area contributed by atoms with Crippen molar-refractivity contribution in [1.82, 2.24) is 4.90 Å². The number of carbonyl (C=O) groups is 1. The summed E-state index contributed by atoms with van der Waals surface area (Å²) in [5.41, 5.74) is 7.83. The Morgan fingerprint density at radius 1 is 1.17 bits per heavy atom. The van der Waals surface area contributed by atoms with Crippen LogP contribution in [0.5, 0.6) is 0 Å². The van der Waals surface area contributed by atoms with Gasteiger partial charge in [0.05, 0.1) is 23.2 Å². The lowest BCUT2D eigenvalue weighted by Gasteiger charge is -2.34. The van der Waals surface area contributed by atoms with Gasteiger partial charge in [0.1, 0.15) is 12.1 Å². The van der Waals surface area contributed by atoms with E-state index in [9.17, 15) is 4.79 Å². The van der Waals surface area contributed by atoms with Gasteiger partial charge < -0.3 is 15.4 Å². The van der Waals surface area contributed by atoms with Crippen LogP contribution >= 0.6 is 23.2 Å². The average Bonchev–Trinajstić information content (AvgIpc) is 2.63. The highest BCUT2D eigenvalue weighted by atomic mass is 35.5. The van der Waals surface area contributed by atoms with E-state index < -0.39 is 6.04 Å². The van der Waals surface area contributed by atoms with Gasteiger partial charge in [-0.1, -0.05) is 59.6 Å². The van der Waals surface area contributed by atoms with Crippen molar-refractivity contribution >= 4 is 29.1 Å². The molecular weight excluding hydrogens is 347 g/mol. The summed E-state index contributed by atoms with van der Waals surface area (Å²) >= 11 is 12.0. The summed E-state index contributed by atoms with van der Waals surface area (Å²) in [7, 11) is 0. The average molecular weight is 365 g/mol. The van der Waals surface area contributed by atoms with Gasteiger partial charge in [0, 0.05) is 6.54 Å². The summed E-state index contributed by atoms with van der Waals surface area (Å²) in [6.07, 6.45) is -0.236. The predicted octanol–water partition coefficient (Wildman–Crippen LogP) is 3.59. The first-order valence-electron chi connectivity index (χ1n) is 7.72. The Morgan fingerprint density at radius 3 is 2.62 bits per heavy atom. The second-order valence-corrected chi connectivity index (χ2v) is 6.52. The third-order valence-electron chi connectivity index (χ3n) is 4.12. The summed E-state index contributed by atoms with van der Waals surface area (Å²) in [6.45, 7) is 1.42.